The van der Waals surface area contributed by atoms with Gasteiger partial charge in [-0.25, -0.2) is 4.79 Å². The van der Waals surface area contributed by atoms with Gasteiger partial charge in [-0.15, -0.1) is 0 Å². The van der Waals surface area contributed by atoms with Crippen molar-refractivity contribution in [3.05, 3.63) is 52.0 Å². The molecule has 0 heterocycles. The number of nitrogens with one attached hydrogen (secondary N) is 1. The first-order valence-corrected chi connectivity index (χ1v) is 11.2. The number of benzene rings is 2. The van der Waals surface area contributed by atoms with Gasteiger partial charge < -0.3 is 14.6 Å². The summed E-state index contributed by atoms with van der Waals surface area (Å²) in [7, 11) is 0. The van der Waals surface area contributed by atoms with Crippen molar-refractivity contribution in [3.63, 3.8) is 0 Å². The van der Waals surface area contributed by atoms with E-state index in [-0.39, 0.29) is 17.1 Å². The van der Waals surface area contributed by atoms with Crippen LogP contribution < -0.4 is 9.46 Å². The third kappa shape index (κ3) is 4.53. The summed E-state index contributed by atoms with van der Waals surface area (Å²) in [5, 5.41) is 19.1. The van der Waals surface area contributed by atoms with Crippen LogP contribution >= 0.6 is 23.5 Å². The van der Waals surface area contributed by atoms with Crippen molar-refractivity contribution in [1.82, 2.24) is 0 Å². The average Bonchev–Trinajstić information content (AvgIpc) is 3.50. The van der Waals surface area contributed by atoms with Crippen LogP contribution in [0, 0.1) is 16.7 Å². The summed E-state index contributed by atoms with van der Waals surface area (Å²) in [4.78, 5) is 12.3. The summed E-state index contributed by atoms with van der Waals surface area (Å²) in [6.07, 6.45) is 4.27. The third-order valence-corrected chi connectivity index (χ3v) is 6.80. The number of halogens is 1. The highest BCUT2D eigenvalue weighted by Crippen LogP contribution is 2.46. The molecular weight excluding hydrogens is 420 g/mol. The van der Waals surface area contributed by atoms with Gasteiger partial charge in [0.05, 0.1) is 27.9 Å². The van der Waals surface area contributed by atoms with E-state index in [2.05, 4.69) is 24.6 Å². The molecule has 156 valence electrons. The van der Waals surface area contributed by atoms with Crippen LogP contribution in [0.5, 0.6) is 5.75 Å². The van der Waals surface area contributed by atoms with Crippen molar-refractivity contribution in [2.45, 2.75) is 56.4 Å². The van der Waals surface area contributed by atoms with Gasteiger partial charge in [0.2, 0.25) is 0 Å². The fraction of sp³-hybridized carbons (Fsp3) is 0.391. The Morgan fingerprint density at radius 3 is 2.63 bits per heavy atom. The molecule has 4 rings (SSSR count). The molecule has 2 aromatic carbocycles. The Labute approximate surface area is 185 Å². The Hall–Kier alpha value is -2.36. The number of nitriles is 1. The summed E-state index contributed by atoms with van der Waals surface area (Å²) in [6, 6.07) is 10.7. The Bertz CT molecular complexity index is 1040. The highest BCUT2D eigenvalue weighted by atomic mass is 35.5. The second-order valence-electron chi connectivity index (χ2n) is 8.79. The number of aromatic carboxylic acids is 1. The minimum atomic E-state index is -0.950. The van der Waals surface area contributed by atoms with Crippen molar-refractivity contribution in [2.24, 2.45) is 5.41 Å². The summed E-state index contributed by atoms with van der Waals surface area (Å²) in [5.41, 5.74) is 2.71. The minimum absolute atomic E-state index is 0.118. The zero-order chi connectivity index (χ0) is 21.5. The highest BCUT2D eigenvalue weighted by molar-refractivity contribution is 8.00. The van der Waals surface area contributed by atoms with Crippen LogP contribution in [0.4, 0.5) is 5.69 Å². The molecule has 2 N–H and O–H groups in total. The summed E-state index contributed by atoms with van der Waals surface area (Å²) < 4.78 is 9.46. The predicted octanol–water partition coefficient (Wildman–Crippen LogP) is 6.47. The number of ether oxygens (including phenoxy) is 1. The number of rotatable bonds is 7. The summed E-state index contributed by atoms with van der Waals surface area (Å²) in [5.74, 6) is 0.133. The lowest BCUT2D eigenvalue weighted by Gasteiger charge is -2.42. The molecule has 0 radical (unpaired) electrons. The highest BCUT2D eigenvalue weighted by Gasteiger charge is 2.38. The maximum atomic E-state index is 11.4. The maximum Gasteiger partial charge on any atom is 0.335 e. The molecule has 0 saturated heterocycles. The second-order valence-corrected chi connectivity index (χ2v) is 10.0. The molecule has 2 aliphatic carbocycles. The lowest BCUT2D eigenvalue weighted by Crippen LogP contribution is -2.40. The average molecular weight is 443 g/mol. The van der Waals surface area contributed by atoms with E-state index in [0.29, 0.717) is 27.9 Å². The summed E-state index contributed by atoms with van der Waals surface area (Å²) in [6.45, 7) is 4.42. The molecular formula is C23H23ClN2O3S. The van der Waals surface area contributed by atoms with Gasteiger partial charge in [-0.1, -0.05) is 31.5 Å². The van der Waals surface area contributed by atoms with Gasteiger partial charge in [-0.2, -0.15) is 5.26 Å². The van der Waals surface area contributed by atoms with Gasteiger partial charge in [0.15, 0.2) is 0 Å². The summed E-state index contributed by atoms with van der Waals surface area (Å²) >= 11 is 7.59. The van der Waals surface area contributed by atoms with E-state index in [4.69, 9.17) is 16.3 Å². The maximum absolute atomic E-state index is 11.4. The SMILES string of the molecule is CC1(C)CC(Oc2cc(Cl)c(C#N)cc2NSc2cc(C(=O)O)ccc2C2CC2)C1. The van der Waals surface area contributed by atoms with E-state index < -0.39 is 5.97 Å². The molecule has 2 aliphatic rings. The third-order valence-electron chi connectivity index (χ3n) is 5.59. The van der Waals surface area contributed by atoms with Gasteiger partial charge in [0.25, 0.3) is 0 Å². The fourth-order valence-corrected chi connectivity index (χ4v) is 4.96. The quantitative estimate of drug-likeness (QED) is 0.478. The lowest BCUT2D eigenvalue weighted by molar-refractivity contribution is 0.0110. The first kappa shape index (κ1) is 20.9. The van der Waals surface area contributed by atoms with Gasteiger partial charge >= 0.3 is 5.97 Å². The molecule has 0 atom stereocenters. The predicted molar refractivity (Wildman–Crippen MR) is 118 cm³/mol. The number of hydrogen-bond acceptors (Lipinski definition) is 5. The smallest absolute Gasteiger partial charge is 0.335 e. The molecule has 0 bridgehead atoms. The molecule has 0 unspecified atom stereocenters. The van der Waals surface area contributed by atoms with Crippen LogP contribution in [0.1, 0.15) is 66.9 Å². The van der Waals surface area contributed by atoms with Crippen LogP contribution in [-0.2, 0) is 0 Å². The van der Waals surface area contributed by atoms with E-state index in [1.54, 1.807) is 24.3 Å². The minimum Gasteiger partial charge on any atom is -0.488 e. The van der Waals surface area contributed by atoms with E-state index >= 15 is 0 Å². The van der Waals surface area contributed by atoms with Crippen LogP contribution in [0.15, 0.2) is 35.2 Å². The van der Waals surface area contributed by atoms with Gasteiger partial charge in [0, 0.05) is 11.0 Å². The van der Waals surface area contributed by atoms with Crippen LogP contribution in [0.25, 0.3) is 0 Å². The molecule has 0 aromatic heterocycles. The molecule has 30 heavy (non-hydrogen) atoms. The van der Waals surface area contributed by atoms with Crippen molar-refractivity contribution in [2.75, 3.05) is 4.72 Å². The number of nitrogens with zero attached hydrogens (tertiary/aromatic N) is 1. The number of carbonyl (C=O) groups is 1. The number of hydrogen-bond donors (Lipinski definition) is 2. The zero-order valence-electron chi connectivity index (χ0n) is 16.9. The standard InChI is InChI=1S/C23H23ClN2O3S/c1-23(2)10-16(11-23)29-20-9-18(24)15(12-25)7-19(20)26-30-21-8-14(22(27)28)5-6-17(21)13-3-4-13/h5-9,13,16,26H,3-4,10-11H2,1-2H3,(H,27,28). The Balaban J connectivity index is 1.59. The van der Waals surface area contributed by atoms with E-state index in [9.17, 15) is 15.2 Å². The molecule has 2 saturated carbocycles. The second kappa shape index (κ2) is 8.05. The Morgan fingerprint density at radius 2 is 2.03 bits per heavy atom. The lowest BCUT2D eigenvalue weighted by atomic mass is 9.70. The van der Waals surface area contributed by atoms with E-state index in [0.717, 1.165) is 36.1 Å². The topological polar surface area (TPSA) is 82.3 Å². The van der Waals surface area contributed by atoms with Crippen LogP contribution in [0.3, 0.4) is 0 Å². The molecule has 0 amide bonds. The number of carboxylic acids is 1. The molecule has 2 aromatic rings. The van der Waals surface area contributed by atoms with Gasteiger partial charge in [0.1, 0.15) is 11.8 Å². The number of anilines is 1. The molecule has 5 nitrogen and oxygen atoms in total. The van der Waals surface area contributed by atoms with Crippen molar-refractivity contribution in [3.8, 4) is 11.8 Å². The Kier molecular flexibility index (Phi) is 5.61. The zero-order valence-corrected chi connectivity index (χ0v) is 18.4. The monoisotopic (exact) mass is 442 g/mol. The van der Waals surface area contributed by atoms with Crippen molar-refractivity contribution >= 4 is 35.2 Å². The molecule has 7 heteroatoms. The first-order valence-electron chi connectivity index (χ1n) is 9.96. The molecule has 0 spiro atoms. The van der Waals surface area contributed by atoms with Gasteiger partial charge in [-0.3, -0.25) is 0 Å². The van der Waals surface area contributed by atoms with Crippen LogP contribution in [-0.4, -0.2) is 17.2 Å². The van der Waals surface area contributed by atoms with Gasteiger partial charge in [-0.05, 0) is 72.7 Å². The number of carboxylic acid groups (broad SMARTS) is 1. The fourth-order valence-electron chi connectivity index (χ4n) is 3.85. The molecule has 0 aliphatic heterocycles. The molecule has 2 fully saturated rings. The van der Waals surface area contributed by atoms with E-state index in [1.807, 2.05) is 6.07 Å². The van der Waals surface area contributed by atoms with Crippen molar-refractivity contribution < 1.29 is 14.6 Å². The largest absolute Gasteiger partial charge is 0.488 e. The Morgan fingerprint density at radius 1 is 1.30 bits per heavy atom. The van der Waals surface area contributed by atoms with E-state index in [1.165, 1.54) is 11.9 Å². The first-order chi connectivity index (χ1) is 14.3. The normalized spacial score (nSPS) is 17.7. The van der Waals surface area contributed by atoms with Crippen LogP contribution in [0.2, 0.25) is 5.02 Å². The van der Waals surface area contributed by atoms with Crippen molar-refractivity contribution in [1.29, 1.82) is 5.26 Å².